The summed E-state index contributed by atoms with van der Waals surface area (Å²) in [4.78, 5) is 0. The summed E-state index contributed by atoms with van der Waals surface area (Å²) in [5, 5.41) is 10.1. The van der Waals surface area contributed by atoms with Crippen LogP contribution in [0.3, 0.4) is 0 Å². The molecule has 5 heteroatoms. The minimum Gasteiger partial charge on any atom is -0.506 e. The van der Waals surface area contributed by atoms with Crippen LogP contribution in [0.1, 0.15) is 24.9 Å². The lowest BCUT2D eigenvalue weighted by atomic mass is 10.0. The predicted octanol–water partition coefficient (Wildman–Crippen LogP) is 3.53. The first-order valence-corrected chi connectivity index (χ1v) is 4.76. The van der Waals surface area contributed by atoms with Crippen LogP contribution in [0.25, 0.3) is 0 Å². The van der Waals surface area contributed by atoms with E-state index in [-0.39, 0.29) is 29.2 Å². The molecule has 0 unspecified atom stereocenters. The lowest BCUT2D eigenvalue weighted by molar-refractivity contribution is 0.460. The Bertz CT molecular complexity index is 317. The largest absolute Gasteiger partial charge is 0.506 e. The fourth-order valence-electron chi connectivity index (χ4n) is 1.07. The van der Waals surface area contributed by atoms with Crippen LogP contribution in [-0.2, 0) is 0 Å². The highest BCUT2D eigenvalue weighted by atomic mass is 35.5. The number of benzene rings is 1. The van der Waals surface area contributed by atoms with E-state index >= 15 is 0 Å². The van der Waals surface area contributed by atoms with Crippen molar-refractivity contribution >= 4 is 35.6 Å². The van der Waals surface area contributed by atoms with Crippen molar-refractivity contribution in [3.05, 3.63) is 27.7 Å². The van der Waals surface area contributed by atoms with Gasteiger partial charge in [0.1, 0.15) is 10.8 Å². The molecule has 2 nitrogen and oxygen atoms in total. The van der Waals surface area contributed by atoms with Gasteiger partial charge in [0.15, 0.2) is 0 Å². The van der Waals surface area contributed by atoms with Gasteiger partial charge in [0.2, 0.25) is 0 Å². The second kappa shape index (κ2) is 5.66. The Labute approximate surface area is 99.4 Å². The summed E-state index contributed by atoms with van der Waals surface area (Å²) >= 11 is 11.4. The van der Waals surface area contributed by atoms with Crippen molar-refractivity contribution in [1.29, 1.82) is 0 Å². The molecule has 0 aliphatic rings. The minimum atomic E-state index is -0.199. The molecule has 0 radical (unpaired) electrons. The topological polar surface area (TPSA) is 46.2 Å². The molecule has 0 spiro atoms. The number of phenols is 1. The van der Waals surface area contributed by atoms with Gasteiger partial charge in [-0.1, -0.05) is 36.2 Å². The van der Waals surface area contributed by atoms with Crippen LogP contribution in [0.5, 0.6) is 5.75 Å². The third kappa shape index (κ3) is 2.67. The molecule has 0 aromatic heterocycles. The molecule has 0 amide bonds. The summed E-state index contributed by atoms with van der Waals surface area (Å²) in [6.45, 7) is 1.94. The number of halogens is 3. The van der Waals surface area contributed by atoms with Crippen LogP contribution in [-0.4, -0.2) is 5.11 Å². The van der Waals surface area contributed by atoms with Gasteiger partial charge in [-0.25, -0.2) is 0 Å². The molecule has 0 bridgehead atoms. The predicted molar refractivity (Wildman–Crippen MR) is 62.6 cm³/mol. The van der Waals surface area contributed by atoms with E-state index in [2.05, 4.69) is 0 Å². The van der Waals surface area contributed by atoms with Crippen molar-refractivity contribution in [2.45, 2.75) is 19.4 Å². The zero-order chi connectivity index (χ0) is 10.0. The van der Waals surface area contributed by atoms with E-state index in [1.54, 1.807) is 12.1 Å². The van der Waals surface area contributed by atoms with E-state index in [4.69, 9.17) is 28.9 Å². The molecule has 0 saturated heterocycles. The van der Waals surface area contributed by atoms with Crippen LogP contribution in [0, 0.1) is 0 Å². The van der Waals surface area contributed by atoms with Gasteiger partial charge >= 0.3 is 0 Å². The van der Waals surface area contributed by atoms with Crippen molar-refractivity contribution in [3.8, 4) is 5.75 Å². The van der Waals surface area contributed by atoms with E-state index in [0.717, 1.165) is 6.42 Å². The van der Waals surface area contributed by atoms with Crippen LogP contribution in [0.2, 0.25) is 10.0 Å². The third-order valence-corrected chi connectivity index (χ3v) is 2.73. The van der Waals surface area contributed by atoms with Crippen LogP contribution >= 0.6 is 35.6 Å². The van der Waals surface area contributed by atoms with Gasteiger partial charge in [-0.3, -0.25) is 0 Å². The van der Waals surface area contributed by atoms with Crippen LogP contribution in [0.15, 0.2) is 12.1 Å². The Morgan fingerprint density at radius 1 is 1.43 bits per heavy atom. The molecule has 0 heterocycles. The third-order valence-electron chi connectivity index (χ3n) is 1.94. The zero-order valence-corrected chi connectivity index (χ0v) is 9.96. The number of hydrogen-bond donors (Lipinski definition) is 2. The van der Waals surface area contributed by atoms with Gasteiger partial charge in [0, 0.05) is 11.6 Å². The molecular weight excluding hydrogens is 244 g/mol. The number of rotatable bonds is 2. The average Bonchev–Trinajstić information content (AvgIpc) is 2.13. The first-order chi connectivity index (χ1) is 6.07. The summed E-state index contributed by atoms with van der Waals surface area (Å²) in [6, 6.07) is 3.13. The maximum Gasteiger partial charge on any atom is 0.140 e. The van der Waals surface area contributed by atoms with Gasteiger partial charge in [0.25, 0.3) is 0 Å². The molecule has 80 valence electrons. The Kier molecular flexibility index (Phi) is 5.60. The van der Waals surface area contributed by atoms with Gasteiger partial charge in [-0.15, -0.1) is 12.4 Å². The quantitative estimate of drug-likeness (QED) is 0.850. The fourth-order valence-corrected chi connectivity index (χ4v) is 1.40. The monoisotopic (exact) mass is 255 g/mol. The molecule has 1 aromatic carbocycles. The number of hydrogen-bond acceptors (Lipinski definition) is 2. The molecule has 14 heavy (non-hydrogen) atoms. The lowest BCUT2D eigenvalue weighted by Gasteiger charge is -2.12. The minimum absolute atomic E-state index is 0. The molecule has 0 fully saturated rings. The molecule has 3 N–H and O–H groups in total. The molecule has 0 saturated carbocycles. The summed E-state index contributed by atoms with van der Waals surface area (Å²) in [6.07, 6.45) is 0.742. The fraction of sp³-hybridized carbons (Fsp3) is 0.333. The number of nitrogens with two attached hydrogens (primary N) is 1. The lowest BCUT2D eigenvalue weighted by Crippen LogP contribution is -2.08. The summed E-state index contributed by atoms with van der Waals surface area (Å²) in [5.74, 6) is -0.0106. The first kappa shape index (κ1) is 13.8. The normalized spacial score (nSPS) is 12.0. The summed E-state index contributed by atoms with van der Waals surface area (Å²) in [5.41, 5.74) is 6.39. The summed E-state index contributed by atoms with van der Waals surface area (Å²) in [7, 11) is 0. The maximum atomic E-state index is 9.58. The maximum absolute atomic E-state index is 9.58. The van der Waals surface area contributed by atoms with E-state index < -0.39 is 0 Å². The van der Waals surface area contributed by atoms with E-state index in [0.29, 0.717) is 10.6 Å². The Morgan fingerprint density at radius 2 is 2.00 bits per heavy atom. The van der Waals surface area contributed by atoms with Gasteiger partial charge < -0.3 is 10.8 Å². The first-order valence-electron chi connectivity index (χ1n) is 4.00. The molecular formula is C9H12Cl3NO. The van der Waals surface area contributed by atoms with Gasteiger partial charge in [-0.2, -0.15) is 0 Å². The number of aromatic hydroxyl groups is 1. The standard InChI is InChI=1S/C9H11Cl2NO.ClH/c1-2-7(12)5-3-4-6(10)8(11)9(5)13;/h3-4,7,13H,2,12H2,1H3;1H/t7-;/m0./s1. The van der Waals surface area contributed by atoms with Crippen molar-refractivity contribution < 1.29 is 5.11 Å². The highest BCUT2D eigenvalue weighted by molar-refractivity contribution is 6.43. The van der Waals surface area contributed by atoms with Crippen molar-refractivity contribution in [2.75, 3.05) is 0 Å². The zero-order valence-electron chi connectivity index (χ0n) is 7.63. The Balaban J connectivity index is 0.00000169. The summed E-state index contributed by atoms with van der Waals surface area (Å²) < 4.78 is 0. The van der Waals surface area contributed by atoms with E-state index in [1.165, 1.54) is 0 Å². The molecule has 1 rings (SSSR count). The Morgan fingerprint density at radius 3 is 2.50 bits per heavy atom. The van der Waals surface area contributed by atoms with Crippen molar-refractivity contribution in [3.63, 3.8) is 0 Å². The van der Waals surface area contributed by atoms with Gasteiger partial charge in [0.05, 0.1) is 5.02 Å². The van der Waals surface area contributed by atoms with Crippen molar-refractivity contribution in [2.24, 2.45) is 5.73 Å². The molecule has 0 aliphatic carbocycles. The van der Waals surface area contributed by atoms with E-state index in [9.17, 15) is 5.11 Å². The SMILES string of the molecule is CC[C@H](N)c1ccc(Cl)c(Cl)c1O.Cl. The highest BCUT2D eigenvalue weighted by Gasteiger charge is 2.13. The molecule has 0 aliphatic heterocycles. The van der Waals surface area contributed by atoms with Gasteiger partial charge in [-0.05, 0) is 12.5 Å². The molecule has 1 atom stereocenters. The molecule has 1 aromatic rings. The second-order valence-electron chi connectivity index (χ2n) is 2.81. The van der Waals surface area contributed by atoms with Crippen molar-refractivity contribution in [1.82, 2.24) is 0 Å². The average molecular weight is 257 g/mol. The highest BCUT2D eigenvalue weighted by Crippen LogP contribution is 2.36. The van der Waals surface area contributed by atoms with E-state index in [1.807, 2.05) is 6.92 Å². The smallest absolute Gasteiger partial charge is 0.140 e. The second-order valence-corrected chi connectivity index (χ2v) is 3.60. The van der Waals surface area contributed by atoms with Crippen LogP contribution in [0.4, 0.5) is 0 Å². The van der Waals surface area contributed by atoms with Crippen LogP contribution < -0.4 is 5.73 Å². The number of phenolic OH excluding ortho intramolecular Hbond substituents is 1. The Hall–Kier alpha value is -0.150.